The summed E-state index contributed by atoms with van der Waals surface area (Å²) in [7, 11) is 1.80. The van der Waals surface area contributed by atoms with Crippen LogP contribution in [0, 0.1) is 13.8 Å². The predicted octanol–water partition coefficient (Wildman–Crippen LogP) is 2.04. The maximum Gasteiger partial charge on any atom is 0.191 e. The van der Waals surface area contributed by atoms with Gasteiger partial charge in [-0.1, -0.05) is 0 Å². The van der Waals surface area contributed by atoms with E-state index in [-0.39, 0.29) is 5.60 Å². The molecule has 0 radical (unpaired) electrons. The van der Waals surface area contributed by atoms with Gasteiger partial charge in [0.15, 0.2) is 5.96 Å². The maximum atomic E-state index is 5.78. The predicted molar refractivity (Wildman–Crippen MR) is 88.2 cm³/mol. The standard InChI is InChI=1S/C15H26N4OS/c1-11-13(21-12(2)19-11)6-8-17-14(16-4)18-10-15(3)7-5-9-20-15/h5-10H2,1-4H3,(H2,16,17,18). The Balaban J connectivity index is 1.74. The summed E-state index contributed by atoms with van der Waals surface area (Å²) >= 11 is 1.78. The fraction of sp³-hybridized carbons (Fsp3) is 0.733. The van der Waals surface area contributed by atoms with Gasteiger partial charge in [0.25, 0.3) is 0 Å². The molecule has 6 heteroatoms. The van der Waals surface area contributed by atoms with Crippen molar-refractivity contribution in [3.05, 3.63) is 15.6 Å². The third-order valence-corrected chi connectivity index (χ3v) is 4.93. The zero-order valence-electron chi connectivity index (χ0n) is 13.5. The van der Waals surface area contributed by atoms with Gasteiger partial charge in [0.05, 0.1) is 16.3 Å². The highest BCUT2D eigenvalue weighted by Crippen LogP contribution is 2.23. The van der Waals surface area contributed by atoms with Crippen molar-refractivity contribution in [1.82, 2.24) is 15.6 Å². The minimum Gasteiger partial charge on any atom is -0.373 e. The van der Waals surface area contributed by atoms with Gasteiger partial charge in [0.2, 0.25) is 0 Å². The molecule has 0 spiro atoms. The molecule has 0 aromatic carbocycles. The number of ether oxygens (including phenoxy) is 1. The Morgan fingerprint density at radius 3 is 2.81 bits per heavy atom. The Kier molecular flexibility index (Phi) is 5.58. The summed E-state index contributed by atoms with van der Waals surface area (Å²) in [6, 6.07) is 0. The number of aryl methyl sites for hydroxylation is 2. The fourth-order valence-electron chi connectivity index (χ4n) is 2.57. The van der Waals surface area contributed by atoms with Crippen molar-refractivity contribution < 1.29 is 4.74 Å². The van der Waals surface area contributed by atoms with E-state index in [2.05, 4.69) is 41.4 Å². The van der Waals surface area contributed by atoms with Gasteiger partial charge in [-0.3, -0.25) is 4.99 Å². The first-order valence-corrected chi connectivity index (χ1v) is 8.35. The second-order valence-corrected chi connectivity index (χ2v) is 7.03. The monoisotopic (exact) mass is 310 g/mol. The second-order valence-electron chi connectivity index (χ2n) is 5.75. The largest absolute Gasteiger partial charge is 0.373 e. The fourth-order valence-corrected chi connectivity index (χ4v) is 3.50. The number of aliphatic imine (C=N–C) groups is 1. The lowest BCUT2D eigenvalue weighted by atomic mass is 10.0. The summed E-state index contributed by atoms with van der Waals surface area (Å²) in [5.41, 5.74) is 1.09. The molecule has 1 aliphatic rings. The number of thiazole rings is 1. The summed E-state index contributed by atoms with van der Waals surface area (Å²) in [5.74, 6) is 0.839. The summed E-state index contributed by atoms with van der Waals surface area (Å²) in [6.45, 7) is 8.81. The lowest BCUT2D eigenvalue weighted by Gasteiger charge is -2.24. The van der Waals surface area contributed by atoms with Crippen molar-refractivity contribution >= 4 is 17.3 Å². The molecule has 1 aromatic rings. The van der Waals surface area contributed by atoms with E-state index < -0.39 is 0 Å². The van der Waals surface area contributed by atoms with E-state index >= 15 is 0 Å². The van der Waals surface area contributed by atoms with Gasteiger partial charge in [0, 0.05) is 38.0 Å². The Bertz CT molecular complexity index is 492. The van der Waals surface area contributed by atoms with Crippen LogP contribution in [0.2, 0.25) is 0 Å². The van der Waals surface area contributed by atoms with Crippen LogP contribution in [0.25, 0.3) is 0 Å². The average Bonchev–Trinajstić information content (AvgIpc) is 3.00. The van der Waals surface area contributed by atoms with Gasteiger partial charge in [-0.05, 0) is 33.6 Å². The van der Waals surface area contributed by atoms with Crippen LogP contribution >= 0.6 is 11.3 Å². The number of nitrogens with one attached hydrogen (secondary N) is 2. The lowest BCUT2D eigenvalue weighted by Crippen LogP contribution is -2.45. The van der Waals surface area contributed by atoms with Gasteiger partial charge in [-0.15, -0.1) is 11.3 Å². The third kappa shape index (κ3) is 4.68. The van der Waals surface area contributed by atoms with E-state index in [4.69, 9.17) is 4.74 Å². The quantitative estimate of drug-likeness (QED) is 0.645. The molecule has 1 aromatic heterocycles. The smallest absolute Gasteiger partial charge is 0.191 e. The zero-order chi connectivity index (χ0) is 15.3. The number of nitrogens with zero attached hydrogens (tertiary/aromatic N) is 2. The molecule has 1 aliphatic heterocycles. The molecular formula is C15H26N4OS. The van der Waals surface area contributed by atoms with E-state index in [0.717, 1.165) is 55.6 Å². The number of hydrogen-bond donors (Lipinski definition) is 2. The van der Waals surface area contributed by atoms with Crippen LogP contribution in [0.1, 0.15) is 35.3 Å². The summed E-state index contributed by atoms with van der Waals surface area (Å²) in [5, 5.41) is 7.85. The molecule has 1 unspecified atom stereocenters. The molecule has 0 saturated carbocycles. The molecule has 1 fully saturated rings. The first-order chi connectivity index (χ1) is 10.0. The van der Waals surface area contributed by atoms with Crippen molar-refractivity contribution in [3.63, 3.8) is 0 Å². The zero-order valence-corrected chi connectivity index (χ0v) is 14.3. The van der Waals surface area contributed by atoms with Crippen LogP contribution in [-0.2, 0) is 11.2 Å². The molecule has 2 N–H and O–H groups in total. The lowest BCUT2D eigenvalue weighted by molar-refractivity contribution is 0.0243. The highest BCUT2D eigenvalue weighted by molar-refractivity contribution is 7.11. The Morgan fingerprint density at radius 1 is 1.43 bits per heavy atom. The molecule has 21 heavy (non-hydrogen) atoms. The van der Waals surface area contributed by atoms with E-state index in [1.807, 2.05) is 0 Å². The number of guanidine groups is 1. The highest BCUT2D eigenvalue weighted by atomic mass is 32.1. The van der Waals surface area contributed by atoms with E-state index in [1.165, 1.54) is 4.88 Å². The first kappa shape index (κ1) is 16.2. The van der Waals surface area contributed by atoms with Crippen LogP contribution in [0.5, 0.6) is 0 Å². The minimum absolute atomic E-state index is 0.0526. The Labute approximate surface area is 131 Å². The molecule has 118 valence electrons. The van der Waals surface area contributed by atoms with Gasteiger partial charge in [-0.25, -0.2) is 4.98 Å². The van der Waals surface area contributed by atoms with Crippen molar-refractivity contribution in [2.45, 2.75) is 45.6 Å². The molecule has 5 nitrogen and oxygen atoms in total. The van der Waals surface area contributed by atoms with Crippen LogP contribution in [0.4, 0.5) is 0 Å². The van der Waals surface area contributed by atoms with Crippen molar-refractivity contribution in [1.29, 1.82) is 0 Å². The van der Waals surface area contributed by atoms with Crippen LogP contribution in [0.3, 0.4) is 0 Å². The summed E-state index contributed by atoms with van der Waals surface area (Å²) in [6.07, 6.45) is 3.23. The average molecular weight is 310 g/mol. The van der Waals surface area contributed by atoms with Gasteiger partial charge in [0.1, 0.15) is 0 Å². The van der Waals surface area contributed by atoms with Crippen LogP contribution in [0.15, 0.2) is 4.99 Å². The van der Waals surface area contributed by atoms with E-state index in [9.17, 15) is 0 Å². The van der Waals surface area contributed by atoms with E-state index in [0.29, 0.717) is 0 Å². The van der Waals surface area contributed by atoms with Gasteiger partial charge < -0.3 is 15.4 Å². The summed E-state index contributed by atoms with van der Waals surface area (Å²) < 4.78 is 5.78. The number of aromatic nitrogens is 1. The molecule has 1 saturated heterocycles. The Morgan fingerprint density at radius 2 is 2.24 bits per heavy atom. The van der Waals surface area contributed by atoms with Crippen molar-refractivity contribution in [3.8, 4) is 0 Å². The Hall–Kier alpha value is -1.14. The maximum absolute atomic E-state index is 5.78. The van der Waals surface area contributed by atoms with Gasteiger partial charge in [-0.2, -0.15) is 0 Å². The van der Waals surface area contributed by atoms with Crippen LogP contribution < -0.4 is 10.6 Å². The van der Waals surface area contributed by atoms with Gasteiger partial charge >= 0.3 is 0 Å². The number of rotatable bonds is 5. The highest BCUT2D eigenvalue weighted by Gasteiger charge is 2.29. The molecule has 0 bridgehead atoms. The SMILES string of the molecule is CN=C(NCCc1sc(C)nc1C)NCC1(C)CCCO1. The molecule has 2 rings (SSSR count). The first-order valence-electron chi connectivity index (χ1n) is 7.54. The topological polar surface area (TPSA) is 58.5 Å². The number of hydrogen-bond acceptors (Lipinski definition) is 4. The molecule has 0 aliphatic carbocycles. The van der Waals surface area contributed by atoms with Crippen LogP contribution in [-0.4, -0.2) is 43.3 Å². The van der Waals surface area contributed by atoms with Crippen molar-refractivity contribution in [2.75, 3.05) is 26.7 Å². The molecule has 2 heterocycles. The third-order valence-electron chi connectivity index (χ3n) is 3.80. The summed E-state index contributed by atoms with van der Waals surface area (Å²) in [4.78, 5) is 10.1. The normalized spacial score (nSPS) is 22.6. The molecular weight excluding hydrogens is 284 g/mol. The second kappa shape index (κ2) is 7.22. The molecule has 0 amide bonds. The molecule has 1 atom stereocenters. The van der Waals surface area contributed by atoms with Crippen molar-refractivity contribution in [2.24, 2.45) is 4.99 Å². The van der Waals surface area contributed by atoms with E-state index in [1.54, 1.807) is 18.4 Å². The minimum atomic E-state index is -0.0526.